The van der Waals surface area contributed by atoms with Crippen LogP contribution in [0.2, 0.25) is 5.02 Å². The molecule has 2 aromatic rings. The molecule has 0 radical (unpaired) electrons. The quantitative estimate of drug-likeness (QED) is 0.661. The first-order valence-electron chi connectivity index (χ1n) is 8.49. The molecule has 0 saturated carbocycles. The minimum Gasteiger partial charge on any atom is -0.493 e. The van der Waals surface area contributed by atoms with Crippen molar-refractivity contribution in [3.8, 4) is 11.5 Å². The average Bonchev–Trinajstić information content (AvgIpc) is 2.77. The van der Waals surface area contributed by atoms with Crippen LogP contribution in [-0.4, -0.2) is 35.7 Å². The lowest BCUT2D eigenvalue weighted by Gasteiger charge is -2.24. The van der Waals surface area contributed by atoms with Gasteiger partial charge in [-0.25, -0.2) is 0 Å². The van der Waals surface area contributed by atoms with Gasteiger partial charge in [0.25, 0.3) is 0 Å². The van der Waals surface area contributed by atoms with Gasteiger partial charge < -0.3 is 19.9 Å². The van der Waals surface area contributed by atoms with E-state index in [-0.39, 0.29) is 11.3 Å². The van der Waals surface area contributed by atoms with E-state index in [1.54, 1.807) is 0 Å². The second kappa shape index (κ2) is 8.65. The van der Waals surface area contributed by atoms with Crippen LogP contribution in [-0.2, 0) is 9.59 Å². The van der Waals surface area contributed by atoms with E-state index in [1.807, 2.05) is 0 Å². The molecular formula is C19H15ClF3NO5S. The number of rotatable bonds is 5. The second-order valence-electron chi connectivity index (χ2n) is 6.25. The summed E-state index contributed by atoms with van der Waals surface area (Å²) in [4.78, 5) is 23.8. The molecular weight excluding hydrogens is 447 g/mol. The molecule has 2 N–H and O–H groups in total. The Kier molecular flexibility index (Phi) is 6.37. The molecule has 1 heterocycles. The summed E-state index contributed by atoms with van der Waals surface area (Å²) in [7, 11) is 1.20. The number of amides is 1. The molecule has 30 heavy (non-hydrogen) atoms. The number of hydrogen-bond donors (Lipinski definition) is 2. The fourth-order valence-electron chi connectivity index (χ4n) is 3.04. The lowest BCUT2D eigenvalue weighted by molar-refractivity contribution is -0.275. The van der Waals surface area contributed by atoms with E-state index in [0.717, 1.165) is 11.8 Å². The van der Waals surface area contributed by atoms with Crippen molar-refractivity contribution >= 4 is 40.9 Å². The maximum Gasteiger partial charge on any atom is 0.573 e. The van der Waals surface area contributed by atoms with Crippen LogP contribution >= 0.6 is 23.4 Å². The van der Waals surface area contributed by atoms with Crippen LogP contribution in [0.1, 0.15) is 22.8 Å². The van der Waals surface area contributed by atoms with Crippen LogP contribution in [0, 0.1) is 0 Å². The van der Waals surface area contributed by atoms with Gasteiger partial charge in [-0.1, -0.05) is 23.7 Å². The van der Waals surface area contributed by atoms with Gasteiger partial charge >= 0.3 is 12.3 Å². The number of nitrogens with one attached hydrogen (secondary N) is 1. The number of methoxy groups -OCH3 is 1. The van der Waals surface area contributed by atoms with Crippen molar-refractivity contribution in [2.24, 2.45) is 0 Å². The zero-order chi connectivity index (χ0) is 22.1. The maximum atomic E-state index is 13.1. The number of aliphatic carboxylic acids is 1. The molecule has 11 heteroatoms. The van der Waals surface area contributed by atoms with Crippen molar-refractivity contribution in [1.82, 2.24) is 0 Å². The minimum absolute atomic E-state index is 0.0621. The van der Waals surface area contributed by atoms with Crippen molar-refractivity contribution in [1.29, 1.82) is 0 Å². The van der Waals surface area contributed by atoms with E-state index in [0.29, 0.717) is 16.3 Å². The van der Waals surface area contributed by atoms with Crippen LogP contribution in [0.4, 0.5) is 18.9 Å². The molecule has 0 spiro atoms. The number of hydrogen-bond acceptors (Lipinski definition) is 5. The standard InChI is InChI=1S/C19H15ClF3NO5S/c1-28-13-4-2-3-10(16(13)29-19(21,22)23)17-11-7-9(20)5-6-12(11)24-18(27)14(30-17)8-15(25)26/h2-7,14,17H,8H2,1H3,(H,24,27)(H,25,26)/t14-,17-/m0/s1. The summed E-state index contributed by atoms with van der Waals surface area (Å²) in [6.07, 6.45) is -5.52. The molecule has 1 aliphatic heterocycles. The smallest absolute Gasteiger partial charge is 0.493 e. The maximum absolute atomic E-state index is 13.1. The Morgan fingerprint density at radius 1 is 1.27 bits per heavy atom. The zero-order valence-corrected chi connectivity index (χ0v) is 16.9. The van der Waals surface area contributed by atoms with Gasteiger partial charge in [0, 0.05) is 16.3 Å². The van der Waals surface area contributed by atoms with E-state index >= 15 is 0 Å². The van der Waals surface area contributed by atoms with Crippen molar-refractivity contribution in [3.63, 3.8) is 0 Å². The monoisotopic (exact) mass is 461 g/mol. The van der Waals surface area contributed by atoms with Crippen molar-refractivity contribution < 1.29 is 37.3 Å². The van der Waals surface area contributed by atoms with Crippen molar-refractivity contribution in [2.75, 3.05) is 12.4 Å². The van der Waals surface area contributed by atoms with Crippen LogP contribution in [0.25, 0.3) is 0 Å². The highest BCUT2D eigenvalue weighted by molar-refractivity contribution is 8.01. The summed E-state index contributed by atoms with van der Waals surface area (Å²) in [6, 6.07) is 8.72. The number of carboxylic acid groups (broad SMARTS) is 1. The molecule has 0 aromatic heterocycles. The Morgan fingerprint density at radius 2 is 2.00 bits per heavy atom. The van der Waals surface area contributed by atoms with Gasteiger partial charge in [-0.3, -0.25) is 9.59 Å². The molecule has 3 rings (SSSR count). The van der Waals surface area contributed by atoms with E-state index < -0.39 is 40.9 Å². The van der Waals surface area contributed by atoms with Gasteiger partial charge in [0.1, 0.15) is 0 Å². The Labute approximate surface area is 178 Å². The van der Waals surface area contributed by atoms with Crippen molar-refractivity contribution in [3.05, 3.63) is 52.5 Å². The first-order valence-corrected chi connectivity index (χ1v) is 9.81. The van der Waals surface area contributed by atoms with E-state index in [1.165, 1.54) is 43.5 Å². The summed E-state index contributed by atoms with van der Waals surface area (Å²) in [5.74, 6) is -2.52. The summed E-state index contributed by atoms with van der Waals surface area (Å²) >= 11 is 6.99. The summed E-state index contributed by atoms with van der Waals surface area (Å²) in [5.41, 5.74) is 0.789. The molecule has 1 aliphatic rings. The topological polar surface area (TPSA) is 84.9 Å². The molecule has 1 amide bonds. The highest BCUT2D eigenvalue weighted by Crippen LogP contribution is 2.50. The third kappa shape index (κ3) is 4.93. The Bertz CT molecular complexity index is 985. The number of ether oxygens (including phenoxy) is 2. The fraction of sp³-hybridized carbons (Fsp3) is 0.263. The molecule has 0 fully saturated rings. The van der Waals surface area contributed by atoms with E-state index in [4.69, 9.17) is 16.3 Å². The van der Waals surface area contributed by atoms with Gasteiger partial charge in [0.2, 0.25) is 5.91 Å². The largest absolute Gasteiger partial charge is 0.573 e. The molecule has 0 bridgehead atoms. The first kappa shape index (κ1) is 22.1. The third-order valence-corrected chi connectivity index (χ3v) is 5.96. The number of fused-ring (bicyclic) bond motifs is 1. The number of carbonyl (C=O) groups excluding carboxylic acids is 1. The number of carbonyl (C=O) groups is 2. The van der Waals surface area contributed by atoms with E-state index in [9.17, 15) is 27.9 Å². The molecule has 0 aliphatic carbocycles. The van der Waals surface area contributed by atoms with Gasteiger partial charge in [-0.2, -0.15) is 0 Å². The van der Waals surface area contributed by atoms with Gasteiger partial charge in [0.05, 0.1) is 24.0 Å². The SMILES string of the molecule is COc1cccc([C@@H]2S[C@@H](CC(=O)O)C(=O)Nc3ccc(Cl)cc32)c1OC(F)(F)F. The highest BCUT2D eigenvalue weighted by atomic mass is 35.5. The molecule has 0 saturated heterocycles. The van der Waals surface area contributed by atoms with Crippen LogP contribution in [0.5, 0.6) is 11.5 Å². The Hall–Kier alpha value is -2.59. The van der Waals surface area contributed by atoms with Crippen molar-refractivity contribution in [2.45, 2.75) is 23.3 Å². The molecule has 160 valence electrons. The molecule has 2 aromatic carbocycles. The lowest BCUT2D eigenvalue weighted by Crippen LogP contribution is -2.26. The zero-order valence-electron chi connectivity index (χ0n) is 15.3. The predicted octanol–water partition coefficient (Wildman–Crippen LogP) is 4.87. The summed E-state index contributed by atoms with van der Waals surface area (Å²) < 4.78 is 48.6. The summed E-state index contributed by atoms with van der Waals surface area (Å²) in [6.45, 7) is 0. The van der Waals surface area contributed by atoms with Crippen LogP contribution < -0.4 is 14.8 Å². The number of alkyl halides is 3. The van der Waals surface area contributed by atoms with Crippen LogP contribution in [0.3, 0.4) is 0 Å². The number of anilines is 1. The fourth-order valence-corrected chi connectivity index (χ4v) is 4.65. The second-order valence-corrected chi connectivity index (χ2v) is 8.00. The van der Waals surface area contributed by atoms with E-state index in [2.05, 4.69) is 10.1 Å². The number of benzene rings is 2. The average molecular weight is 462 g/mol. The number of thioether (sulfide) groups is 1. The lowest BCUT2D eigenvalue weighted by atomic mass is 10.0. The number of para-hydroxylation sites is 1. The van der Waals surface area contributed by atoms with Gasteiger partial charge in [-0.05, 0) is 29.8 Å². The number of halogens is 4. The normalized spacial score (nSPS) is 18.8. The highest BCUT2D eigenvalue weighted by Gasteiger charge is 2.38. The van der Waals surface area contributed by atoms with Gasteiger partial charge in [0.15, 0.2) is 11.5 Å². The molecule has 0 unspecified atom stereocenters. The first-order chi connectivity index (χ1) is 14.1. The minimum atomic E-state index is -5.00. The summed E-state index contributed by atoms with van der Waals surface area (Å²) in [5, 5.41) is 10.1. The Balaban J connectivity index is 2.20. The molecule has 2 atom stereocenters. The Morgan fingerprint density at radius 3 is 2.63 bits per heavy atom. The number of carboxylic acids is 1. The van der Waals surface area contributed by atoms with Gasteiger partial charge in [-0.15, -0.1) is 24.9 Å². The molecule has 6 nitrogen and oxygen atoms in total. The predicted molar refractivity (Wildman–Crippen MR) is 105 cm³/mol. The third-order valence-electron chi connectivity index (χ3n) is 4.24. The van der Waals surface area contributed by atoms with Crippen LogP contribution in [0.15, 0.2) is 36.4 Å².